The zero-order chi connectivity index (χ0) is 11.4. The number of benzene rings is 1. The molecule has 0 saturated carbocycles. The first kappa shape index (κ1) is 11.1. The van der Waals surface area contributed by atoms with Gasteiger partial charge in [0, 0.05) is 5.56 Å². The van der Waals surface area contributed by atoms with Gasteiger partial charge in [0.15, 0.2) is 0 Å². The van der Waals surface area contributed by atoms with Crippen LogP contribution in [-0.2, 0) is 16.1 Å². The molecule has 86 valence electrons. The Hall–Kier alpha value is -1.43. The molecule has 0 aromatic heterocycles. The summed E-state index contributed by atoms with van der Waals surface area (Å²) in [5, 5.41) is 0. The van der Waals surface area contributed by atoms with Gasteiger partial charge in [0.1, 0.15) is 6.10 Å². The molecule has 0 atom stereocenters. The fourth-order valence-electron chi connectivity index (χ4n) is 1.46. The summed E-state index contributed by atoms with van der Waals surface area (Å²) in [5.41, 5.74) is 3.50. The molecule has 3 N–H and O–H groups in total. The highest BCUT2D eigenvalue weighted by Crippen LogP contribution is 2.13. The van der Waals surface area contributed by atoms with Gasteiger partial charge < -0.3 is 9.47 Å². The molecule has 0 radical (unpaired) electrons. The topological polar surface area (TPSA) is 73.6 Å². The Morgan fingerprint density at radius 2 is 2.25 bits per heavy atom. The largest absolute Gasteiger partial charge is 0.376 e. The molecule has 2 rings (SSSR count). The number of nitrogens with two attached hydrogens (primary N) is 1. The van der Waals surface area contributed by atoms with Gasteiger partial charge >= 0.3 is 0 Å². The van der Waals surface area contributed by atoms with Crippen molar-refractivity contribution >= 4 is 5.91 Å². The maximum atomic E-state index is 11.4. The van der Waals surface area contributed by atoms with Crippen LogP contribution in [-0.4, -0.2) is 25.2 Å². The maximum Gasteiger partial charge on any atom is 0.265 e. The Morgan fingerprint density at radius 3 is 2.88 bits per heavy atom. The Labute approximate surface area is 93.5 Å². The van der Waals surface area contributed by atoms with Crippen molar-refractivity contribution in [2.24, 2.45) is 5.84 Å². The van der Waals surface area contributed by atoms with Crippen molar-refractivity contribution in [1.82, 2.24) is 5.43 Å². The second-order valence-electron chi connectivity index (χ2n) is 3.60. The quantitative estimate of drug-likeness (QED) is 0.434. The van der Waals surface area contributed by atoms with Crippen LogP contribution in [0.4, 0.5) is 0 Å². The fraction of sp³-hybridized carbons (Fsp3) is 0.364. The SMILES string of the molecule is NNC(=O)c1ccccc1COC1COC1. The number of hydrogen-bond acceptors (Lipinski definition) is 4. The van der Waals surface area contributed by atoms with E-state index in [4.69, 9.17) is 15.3 Å². The number of hydrogen-bond donors (Lipinski definition) is 2. The Balaban J connectivity index is 2.03. The zero-order valence-electron chi connectivity index (χ0n) is 8.81. The van der Waals surface area contributed by atoms with E-state index in [0.717, 1.165) is 5.56 Å². The average Bonchev–Trinajstić information content (AvgIpc) is 2.26. The van der Waals surface area contributed by atoms with Gasteiger partial charge in [-0.2, -0.15) is 0 Å². The van der Waals surface area contributed by atoms with Gasteiger partial charge in [0.25, 0.3) is 5.91 Å². The summed E-state index contributed by atoms with van der Waals surface area (Å²) in [6, 6.07) is 7.23. The van der Waals surface area contributed by atoms with E-state index in [-0.39, 0.29) is 12.0 Å². The summed E-state index contributed by atoms with van der Waals surface area (Å²) in [5.74, 6) is 4.80. The van der Waals surface area contributed by atoms with Crippen LogP contribution in [0.15, 0.2) is 24.3 Å². The molecule has 16 heavy (non-hydrogen) atoms. The summed E-state index contributed by atoms with van der Waals surface area (Å²) in [6.45, 7) is 1.66. The molecule has 0 aliphatic carbocycles. The van der Waals surface area contributed by atoms with Crippen LogP contribution in [0, 0.1) is 0 Å². The van der Waals surface area contributed by atoms with Gasteiger partial charge in [-0.05, 0) is 11.6 Å². The van der Waals surface area contributed by atoms with E-state index >= 15 is 0 Å². The molecular formula is C11H14N2O3. The molecule has 0 spiro atoms. The highest BCUT2D eigenvalue weighted by molar-refractivity contribution is 5.95. The summed E-state index contributed by atoms with van der Waals surface area (Å²) in [6.07, 6.45) is 0.147. The van der Waals surface area contributed by atoms with Gasteiger partial charge in [-0.3, -0.25) is 10.2 Å². The van der Waals surface area contributed by atoms with Crippen LogP contribution in [0.5, 0.6) is 0 Å². The van der Waals surface area contributed by atoms with Crippen LogP contribution < -0.4 is 11.3 Å². The van der Waals surface area contributed by atoms with E-state index < -0.39 is 0 Å². The van der Waals surface area contributed by atoms with E-state index in [2.05, 4.69) is 5.43 Å². The summed E-state index contributed by atoms with van der Waals surface area (Å²) < 4.78 is 10.6. The molecule has 1 aliphatic rings. The van der Waals surface area contributed by atoms with Crippen LogP contribution >= 0.6 is 0 Å². The molecule has 1 aliphatic heterocycles. The van der Waals surface area contributed by atoms with E-state index in [1.54, 1.807) is 12.1 Å². The number of hydrazine groups is 1. The van der Waals surface area contributed by atoms with E-state index in [1.807, 2.05) is 12.1 Å². The highest BCUT2D eigenvalue weighted by Gasteiger charge is 2.19. The van der Waals surface area contributed by atoms with E-state index in [1.165, 1.54) is 0 Å². The van der Waals surface area contributed by atoms with Crippen LogP contribution in [0.25, 0.3) is 0 Å². The Kier molecular flexibility index (Phi) is 3.51. The zero-order valence-corrected chi connectivity index (χ0v) is 8.81. The number of amides is 1. The minimum absolute atomic E-state index is 0.147. The van der Waals surface area contributed by atoms with Crippen molar-refractivity contribution in [3.8, 4) is 0 Å². The van der Waals surface area contributed by atoms with Crippen molar-refractivity contribution < 1.29 is 14.3 Å². The lowest BCUT2D eigenvalue weighted by Crippen LogP contribution is -2.36. The minimum Gasteiger partial charge on any atom is -0.376 e. The number of nitrogen functional groups attached to an aromatic ring is 1. The fourth-order valence-corrected chi connectivity index (χ4v) is 1.46. The van der Waals surface area contributed by atoms with Crippen molar-refractivity contribution in [2.45, 2.75) is 12.7 Å². The molecule has 1 fully saturated rings. The number of carbonyl (C=O) groups excluding carboxylic acids is 1. The maximum absolute atomic E-state index is 11.4. The normalized spacial score (nSPS) is 15.6. The van der Waals surface area contributed by atoms with Crippen molar-refractivity contribution in [1.29, 1.82) is 0 Å². The van der Waals surface area contributed by atoms with Gasteiger partial charge in [0.05, 0.1) is 19.8 Å². The Morgan fingerprint density at radius 1 is 1.50 bits per heavy atom. The van der Waals surface area contributed by atoms with Crippen molar-refractivity contribution in [2.75, 3.05) is 13.2 Å². The van der Waals surface area contributed by atoms with Crippen molar-refractivity contribution in [3.63, 3.8) is 0 Å². The lowest BCUT2D eigenvalue weighted by atomic mass is 10.1. The Bertz CT molecular complexity index is 377. The molecule has 1 heterocycles. The first-order chi connectivity index (χ1) is 7.81. The van der Waals surface area contributed by atoms with Crippen LogP contribution in [0.1, 0.15) is 15.9 Å². The monoisotopic (exact) mass is 222 g/mol. The molecule has 1 saturated heterocycles. The van der Waals surface area contributed by atoms with Gasteiger partial charge in [0.2, 0.25) is 0 Å². The summed E-state index contributed by atoms with van der Waals surface area (Å²) >= 11 is 0. The molecule has 1 amide bonds. The van der Waals surface area contributed by atoms with E-state index in [0.29, 0.717) is 25.4 Å². The van der Waals surface area contributed by atoms with E-state index in [9.17, 15) is 4.79 Å². The second-order valence-corrected chi connectivity index (χ2v) is 3.60. The lowest BCUT2D eigenvalue weighted by Gasteiger charge is -2.26. The average molecular weight is 222 g/mol. The smallest absolute Gasteiger partial charge is 0.265 e. The second kappa shape index (κ2) is 5.07. The van der Waals surface area contributed by atoms with Crippen LogP contribution in [0.3, 0.4) is 0 Å². The predicted molar refractivity (Wildman–Crippen MR) is 57.5 cm³/mol. The highest BCUT2D eigenvalue weighted by atomic mass is 16.6. The molecule has 5 heteroatoms. The molecule has 1 aromatic carbocycles. The third kappa shape index (κ3) is 2.38. The number of nitrogens with one attached hydrogen (secondary N) is 1. The first-order valence-corrected chi connectivity index (χ1v) is 5.09. The molecule has 1 aromatic rings. The molecule has 5 nitrogen and oxygen atoms in total. The predicted octanol–water partition coefficient (Wildman–Crippen LogP) is 0.205. The number of ether oxygens (including phenoxy) is 2. The lowest BCUT2D eigenvalue weighted by molar-refractivity contribution is -0.135. The third-order valence-electron chi connectivity index (χ3n) is 2.48. The van der Waals surface area contributed by atoms with Gasteiger partial charge in [-0.25, -0.2) is 5.84 Å². The van der Waals surface area contributed by atoms with Gasteiger partial charge in [-0.1, -0.05) is 18.2 Å². The first-order valence-electron chi connectivity index (χ1n) is 5.09. The standard InChI is InChI=1S/C11H14N2O3/c12-13-11(14)10-4-2-1-3-8(10)5-16-9-6-15-7-9/h1-4,9H,5-7,12H2,(H,13,14). The summed E-state index contributed by atoms with van der Waals surface area (Å²) in [7, 11) is 0. The number of rotatable bonds is 4. The third-order valence-corrected chi connectivity index (χ3v) is 2.48. The summed E-state index contributed by atoms with van der Waals surface area (Å²) in [4.78, 5) is 11.4. The van der Waals surface area contributed by atoms with Gasteiger partial charge in [-0.15, -0.1) is 0 Å². The molecular weight excluding hydrogens is 208 g/mol. The molecule has 0 bridgehead atoms. The number of carbonyl (C=O) groups is 1. The van der Waals surface area contributed by atoms with Crippen LogP contribution in [0.2, 0.25) is 0 Å². The van der Waals surface area contributed by atoms with Crippen molar-refractivity contribution in [3.05, 3.63) is 35.4 Å². The minimum atomic E-state index is -0.302. The molecule has 0 unspecified atom stereocenters.